The summed E-state index contributed by atoms with van der Waals surface area (Å²) in [6.07, 6.45) is 11.3. The number of likely N-dealkylation sites (tertiary alicyclic amines) is 1. The van der Waals surface area contributed by atoms with E-state index in [4.69, 9.17) is 5.73 Å². The molecule has 0 aromatic carbocycles. The van der Waals surface area contributed by atoms with Crippen LogP contribution in [0.25, 0.3) is 0 Å². The minimum absolute atomic E-state index is 0.809. The van der Waals surface area contributed by atoms with Gasteiger partial charge in [-0.1, -0.05) is 26.2 Å². The van der Waals surface area contributed by atoms with Crippen LogP contribution in [-0.2, 0) is 0 Å². The fourth-order valence-corrected chi connectivity index (χ4v) is 3.90. The number of nitrogens with two attached hydrogens (primary N) is 1. The highest BCUT2D eigenvalue weighted by atomic mass is 15.2. The van der Waals surface area contributed by atoms with Gasteiger partial charge in [-0.2, -0.15) is 0 Å². The minimum Gasteiger partial charge on any atom is -0.330 e. The second-order valence-corrected chi connectivity index (χ2v) is 6.09. The van der Waals surface area contributed by atoms with Gasteiger partial charge in [0.2, 0.25) is 0 Å². The van der Waals surface area contributed by atoms with Gasteiger partial charge in [0, 0.05) is 12.6 Å². The van der Waals surface area contributed by atoms with Crippen LogP contribution in [0.3, 0.4) is 0 Å². The van der Waals surface area contributed by atoms with Crippen LogP contribution in [0.5, 0.6) is 0 Å². The van der Waals surface area contributed by atoms with Crippen molar-refractivity contribution in [3.8, 4) is 0 Å². The highest BCUT2D eigenvalue weighted by Gasteiger charge is 2.29. The topological polar surface area (TPSA) is 29.3 Å². The summed E-state index contributed by atoms with van der Waals surface area (Å²) in [6, 6.07) is 0.865. The molecule has 1 saturated carbocycles. The summed E-state index contributed by atoms with van der Waals surface area (Å²) < 4.78 is 0. The lowest BCUT2D eigenvalue weighted by Crippen LogP contribution is -2.44. The first-order valence-corrected chi connectivity index (χ1v) is 7.79. The van der Waals surface area contributed by atoms with Gasteiger partial charge in [-0.05, 0) is 57.0 Å². The largest absolute Gasteiger partial charge is 0.330 e. The van der Waals surface area contributed by atoms with Crippen molar-refractivity contribution in [2.75, 3.05) is 19.6 Å². The van der Waals surface area contributed by atoms with E-state index in [9.17, 15) is 0 Å². The maximum absolute atomic E-state index is 5.95. The van der Waals surface area contributed by atoms with Gasteiger partial charge in [0.1, 0.15) is 0 Å². The Morgan fingerprint density at radius 2 is 1.71 bits per heavy atom. The highest BCUT2D eigenvalue weighted by Crippen LogP contribution is 2.32. The average Bonchev–Trinajstić information content (AvgIpc) is 2.40. The Labute approximate surface area is 107 Å². The van der Waals surface area contributed by atoms with E-state index in [1.807, 2.05) is 0 Å². The van der Waals surface area contributed by atoms with Crippen molar-refractivity contribution in [2.45, 2.75) is 64.3 Å². The van der Waals surface area contributed by atoms with Gasteiger partial charge in [-0.15, -0.1) is 0 Å². The molecular formula is C15H30N2. The second kappa shape index (κ2) is 6.75. The second-order valence-electron chi connectivity index (χ2n) is 6.09. The van der Waals surface area contributed by atoms with Crippen molar-refractivity contribution in [1.29, 1.82) is 0 Å². The average molecular weight is 238 g/mol. The molecule has 0 amide bonds. The molecule has 100 valence electrons. The van der Waals surface area contributed by atoms with Crippen LogP contribution in [0, 0.1) is 11.8 Å². The van der Waals surface area contributed by atoms with Crippen LogP contribution in [0.15, 0.2) is 0 Å². The predicted octanol–water partition coefficient (Wildman–Crippen LogP) is 3.02. The van der Waals surface area contributed by atoms with Crippen LogP contribution in [0.1, 0.15) is 58.3 Å². The first kappa shape index (κ1) is 13.4. The van der Waals surface area contributed by atoms with Gasteiger partial charge >= 0.3 is 0 Å². The van der Waals surface area contributed by atoms with Gasteiger partial charge in [-0.25, -0.2) is 0 Å². The van der Waals surface area contributed by atoms with E-state index >= 15 is 0 Å². The maximum atomic E-state index is 5.95. The molecule has 2 rings (SSSR count). The number of piperidine rings is 1. The Morgan fingerprint density at radius 3 is 2.41 bits per heavy atom. The number of rotatable bonds is 4. The zero-order valence-corrected chi connectivity index (χ0v) is 11.5. The zero-order chi connectivity index (χ0) is 12.1. The van der Waals surface area contributed by atoms with Gasteiger partial charge in [-0.3, -0.25) is 0 Å². The van der Waals surface area contributed by atoms with E-state index in [0.29, 0.717) is 0 Å². The van der Waals surface area contributed by atoms with Crippen LogP contribution in [0.4, 0.5) is 0 Å². The van der Waals surface area contributed by atoms with Crippen molar-refractivity contribution in [3.63, 3.8) is 0 Å². The summed E-state index contributed by atoms with van der Waals surface area (Å²) in [5, 5.41) is 0. The lowest BCUT2D eigenvalue weighted by atomic mass is 9.78. The van der Waals surface area contributed by atoms with Crippen molar-refractivity contribution < 1.29 is 0 Å². The summed E-state index contributed by atoms with van der Waals surface area (Å²) in [7, 11) is 0. The zero-order valence-electron chi connectivity index (χ0n) is 11.5. The number of hydrogen-bond acceptors (Lipinski definition) is 2. The number of nitrogens with zero attached hydrogens (tertiary/aromatic N) is 1. The van der Waals surface area contributed by atoms with Crippen molar-refractivity contribution in [3.05, 3.63) is 0 Å². The van der Waals surface area contributed by atoms with Gasteiger partial charge in [0.05, 0.1) is 0 Å². The molecule has 2 heteroatoms. The molecule has 2 aliphatic rings. The van der Waals surface area contributed by atoms with Crippen LogP contribution in [-0.4, -0.2) is 30.6 Å². The lowest BCUT2D eigenvalue weighted by Gasteiger charge is -2.40. The van der Waals surface area contributed by atoms with E-state index in [1.54, 1.807) is 0 Å². The normalized spacial score (nSPS) is 36.0. The van der Waals surface area contributed by atoms with E-state index in [1.165, 1.54) is 64.5 Å². The summed E-state index contributed by atoms with van der Waals surface area (Å²) in [5.41, 5.74) is 5.95. The van der Waals surface area contributed by atoms with Crippen LogP contribution in [0.2, 0.25) is 0 Å². The van der Waals surface area contributed by atoms with E-state index in [-0.39, 0.29) is 0 Å². The van der Waals surface area contributed by atoms with E-state index in [2.05, 4.69) is 11.8 Å². The summed E-state index contributed by atoms with van der Waals surface area (Å²) in [5.74, 6) is 1.70. The fourth-order valence-electron chi connectivity index (χ4n) is 3.90. The van der Waals surface area contributed by atoms with Crippen LogP contribution < -0.4 is 5.73 Å². The molecule has 2 N–H and O–H groups in total. The van der Waals surface area contributed by atoms with Gasteiger partial charge in [0.25, 0.3) is 0 Å². The van der Waals surface area contributed by atoms with E-state index < -0.39 is 0 Å². The molecular weight excluding hydrogens is 208 g/mol. The SMILES string of the molecule is CCC1CCCCN1CC1CCCCC1CN. The third-order valence-electron chi connectivity index (χ3n) is 5.06. The van der Waals surface area contributed by atoms with Crippen molar-refractivity contribution >= 4 is 0 Å². The Bertz CT molecular complexity index is 195. The summed E-state index contributed by atoms with van der Waals surface area (Å²) in [6.45, 7) is 5.94. The molecule has 1 aliphatic carbocycles. The molecule has 2 nitrogen and oxygen atoms in total. The Balaban J connectivity index is 1.88. The first-order chi connectivity index (χ1) is 8.35. The maximum Gasteiger partial charge on any atom is 0.00927 e. The third kappa shape index (κ3) is 3.45. The molecule has 3 atom stereocenters. The molecule has 1 aliphatic heterocycles. The molecule has 1 saturated heterocycles. The van der Waals surface area contributed by atoms with E-state index in [0.717, 1.165) is 24.4 Å². The Morgan fingerprint density at radius 1 is 1.00 bits per heavy atom. The quantitative estimate of drug-likeness (QED) is 0.816. The van der Waals surface area contributed by atoms with Gasteiger partial charge in [0.15, 0.2) is 0 Å². The van der Waals surface area contributed by atoms with Crippen molar-refractivity contribution in [2.24, 2.45) is 17.6 Å². The van der Waals surface area contributed by atoms with Gasteiger partial charge < -0.3 is 10.6 Å². The monoisotopic (exact) mass is 238 g/mol. The molecule has 2 fully saturated rings. The highest BCUT2D eigenvalue weighted by molar-refractivity contribution is 4.83. The standard InChI is InChI=1S/C15H30N2/c1-2-15-9-5-6-10-17(15)12-14-8-4-3-7-13(14)11-16/h13-15H,2-12,16H2,1H3. The number of hydrogen-bond donors (Lipinski definition) is 1. The summed E-state index contributed by atoms with van der Waals surface area (Å²) in [4.78, 5) is 2.78. The molecule has 1 heterocycles. The molecule has 0 aromatic rings. The van der Waals surface area contributed by atoms with Crippen molar-refractivity contribution in [1.82, 2.24) is 4.90 Å². The first-order valence-electron chi connectivity index (χ1n) is 7.79. The lowest BCUT2D eigenvalue weighted by molar-refractivity contribution is 0.0892. The summed E-state index contributed by atoms with van der Waals surface area (Å²) >= 11 is 0. The fraction of sp³-hybridized carbons (Fsp3) is 1.00. The molecule has 0 radical (unpaired) electrons. The predicted molar refractivity (Wildman–Crippen MR) is 74.0 cm³/mol. The molecule has 0 bridgehead atoms. The Hall–Kier alpha value is -0.0800. The minimum atomic E-state index is 0.809. The third-order valence-corrected chi connectivity index (χ3v) is 5.06. The van der Waals surface area contributed by atoms with Crippen LogP contribution >= 0.6 is 0 Å². The molecule has 17 heavy (non-hydrogen) atoms. The smallest absolute Gasteiger partial charge is 0.00927 e. The molecule has 0 spiro atoms. The molecule has 0 aromatic heterocycles. The Kier molecular flexibility index (Phi) is 5.30. The molecule has 3 unspecified atom stereocenters.